The van der Waals surface area contributed by atoms with Crippen molar-refractivity contribution in [3.8, 4) is 0 Å². The number of halogens is 1. The van der Waals surface area contributed by atoms with Gasteiger partial charge in [-0.1, -0.05) is 6.07 Å². The van der Waals surface area contributed by atoms with Crippen molar-refractivity contribution in [2.45, 2.75) is 31.3 Å². The molecule has 0 saturated carbocycles. The maximum atomic E-state index is 13.8. The molecule has 0 aliphatic rings. The second kappa shape index (κ2) is 7.84. The SMILES string of the molecule is CNCc1ccc(F)c(S(=O)(=O)NCCN(C)C(C)C)c1. The largest absolute Gasteiger partial charge is 0.316 e. The van der Waals surface area contributed by atoms with Crippen molar-refractivity contribution in [2.75, 3.05) is 27.2 Å². The number of benzene rings is 1. The molecule has 21 heavy (non-hydrogen) atoms. The second-order valence-electron chi connectivity index (χ2n) is 5.27. The Morgan fingerprint density at radius 1 is 1.33 bits per heavy atom. The van der Waals surface area contributed by atoms with Crippen LogP contribution in [0.15, 0.2) is 23.1 Å². The number of nitrogens with one attached hydrogen (secondary N) is 2. The molecular weight excluding hydrogens is 293 g/mol. The molecule has 0 unspecified atom stereocenters. The van der Waals surface area contributed by atoms with Crippen LogP contribution in [0.2, 0.25) is 0 Å². The predicted octanol–water partition coefficient (Wildman–Crippen LogP) is 1.16. The van der Waals surface area contributed by atoms with E-state index in [2.05, 4.69) is 10.0 Å². The molecule has 5 nitrogen and oxygen atoms in total. The van der Waals surface area contributed by atoms with E-state index < -0.39 is 15.8 Å². The first-order valence-corrected chi connectivity index (χ1v) is 8.39. The van der Waals surface area contributed by atoms with E-state index in [0.29, 0.717) is 19.1 Å². The van der Waals surface area contributed by atoms with E-state index in [-0.39, 0.29) is 11.4 Å². The Bertz CT molecular complexity index is 561. The molecule has 0 aliphatic carbocycles. The molecule has 0 saturated heterocycles. The Hall–Kier alpha value is -1.02. The van der Waals surface area contributed by atoms with Gasteiger partial charge in [-0.05, 0) is 45.6 Å². The van der Waals surface area contributed by atoms with Crippen molar-refractivity contribution in [1.82, 2.24) is 14.9 Å². The molecule has 1 aromatic carbocycles. The highest BCUT2D eigenvalue weighted by molar-refractivity contribution is 7.89. The van der Waals surface area contributed by atoms with Crippen LogP contribution >= 0.6 is 0 Å². The van der Waals surface area contributed by atoms with E-state index in [1.54, 1.807) is 13.1 Å². The second-order valence-corrected chi connectivity index (χ2v) is 7.00. The smallest absolute Gasteiger partial charge is 0.243 e. The Morgan fingerprint density at radius 3 is 2.57 bits per heavy atom. The maximum absolute atomic E-state index is 13.8. The quantitative estimate of drug-likeness (QED) is 0.755. The van der Waals surface area contributed by atoms with Gasteiger partial charge >= 0.3 is 0 Å². The van der Waals surface area contributed by atoms with Crippen LogP contribution in [-0.2, 0) is 16.6 Å². The minimum atomic E-state index is -3.83. The van der Waals surface area contributed by atoms with Crippen LogP contribution in [0.25, 0.3) is 0 Å². The number of nitrogens with zero attached hydrogens (tertiary/aromatic N) is 1. The zero-order chi connectivity index (χ0) is 16.0. The molecule has 0 bridgehead atoms. The normalized spacial score (nSPS) is 12.3. The molecular formula is C14H24FN3O2S. The molecule has 0 heterocycles. The summed E-state index contributed by atoms with van der Waals surface area (Å²) < 4.78 is 40.6. The summed E-state index contributed by atoms with van der Waals surface area (Å²) in [4.78, 5) is 1.71. The lowest BCUT2D eigenvalue weighted by Crippen LogP contribution is -2.36. The average molecular weight is 317 g/mol. The van der Waals surface area contributed by atoms with Gasteiger partial charge < -0.3 is 10.2 Å². The van der Waals surface area contributed by atoms with E-state index in [1.165, 1.54) is 12.1 Å². The van der Waals surface area contributed by atoms with E-state index in [1.807, 2.05) is 25.8 Å². The highest BCUT2D eigenvalue weighted by Gasteiger charge is 2.19. The first kappa shape index (κ1) is 18.0. The van der Waals surface area contributed by atoms with Crippen molar-refractivity contribution in [3.05, 3.63) is 29.6 Å². The van der Waals surface area contributed by atoms with Gasteiger partial charge in [-0.2, -0.15) is 0 Å². The Balaban J connectivity index is 2.80. The highest BCUT2D eigenvalue weighted by Crippen LogP contribution is 2.16. The van der Waals surface area contributed by atoms with Gasteiger partial charge in [-0.3, -0.25) is 0 Å². The Kier molecular flexibility index (Phi) is 6.73. The zero-order valence-corrected chi connectivity index (χ0v) is 13.8. The fraction of sp³-hybridized carbons (Fsp3) is 0.571. The van der Waals surface area contributed by atoms with Crippen LogP contribution in [-0.4, -0.2) is 46.5 Å². The van der Waals surface area contributed by atoms with Gasteiger partial charge in [0.1, 0.15) is 10.7 Å². The van der Waals surface area contributed by atoms with Crippen molar-refractivity contribution >= 4 is 10.0 Å². The van der Waals surface area contributed by atoms with Crippen LogP contribution in [0.1, 0.15) is 19.4 Å². The van der Waals surface area contributed by atoms with Crippen LogP contribution in [0.4, 0.5) is 4.39 Å². The first-order chi connectivity index (χ1) is 9.77. The lowest BCUT2D eigenvalue weighted by molar-refractivity contribution is 0.278. The molecule has 0 aliphatic heterocycles. The lowest BCUT2D eigenvalue weighted by atomic mass is 10.2. The summed E-state index contributed by atoms with van der Waals surface area (Å²) in [5.41, 5.74) is 0.721. The van der Waals surface area contributed by atoms with Crippen molar-refractivity contribution in [3.63, 3.8) is 0 Å². The molecule has 0 radical (unpaired) electrons. The molecule has 0 fully saturated rings. The van der Waals surface area contributed by atoms with E-state index in [4.69, 9.17) is 0 Å². The number of likely N-dealkylation sites (N-methyl/N-ethyl adjacent to an activating group) is 1. The molecule has 1 rings (SSSR count). The molecule has 7 heteroatoms. The first-order valence-electron chi connectivity index (χ1n) is 6.91. The molecule has 0 atom stereocenters. The Labute approximate surface area is 126 Å². The predicted molar refractivity (Wildman–Crippen MR) is 82.1 cm³/mol. The monoisotopic (exact) mass is 317 g/mol. The number of sulfonamides is 1. The summed E-state index contributed by atoms with van der Waals surface area (Å²) in [7, 11) is -0.175. The summed E-state index contributed by atoms with van der Waals surface area (Å²) in [5, 5.41) is 2.91. The summed E-state index contributed by atoms with van der Waals surface area (Å²) in [6.45, 7) is 5.34. The number of hydrogen-bond acceptors (Lipinski definition) is 4. The fourth-order valence-electron chi connectivity index (χ4n) is 1.76. The topological polar surface area (TPSA) is 61.4 Å². The summed E-state index contributed by atoms with van der Waals surface area (Å²) in [6.07, 6.45) is 0. The molecule has 0 spiro atoms. The summed E-state index contributed by atoms with van der Waals surface area (Å²) in [5.74, 6) is -0.737. The van der Waals surface area contributed by atoms with Crippen LogP contribution in [0, 0.1) is 5.82 Å². The van der Waals surface area contributed by atoms with Crippen molar-refractivity contribution in [1.29, 1.82) is 0 Å². The average Bonchev–Trinajstić information content (AvgIpc) is 2.40. The van der Waals surface area contributed by atoms with E-state index >= 15 is 0 Å². The summed E-state index contributed by atoms with van der Waals surface area (Å²) >= 11 is 0. The van der Waals surface area contributed by atoms with Gasteiger partial charge in [0.05, 0.1) is 0 Å². The van der Waals surface area contributed by atoms with Gasteiger partial charge in [0.15, 0.2) is 0 Å². The molecule has 0 amide bonds. The van der Waals surface area contributed by atoms with Gasteiger partial charge in [0.25, 0.3) is 0 Å². The summed E-state index contributed by atoms with van der Waals surface area (Å²) in [6, 6.07) is 4.43. The molecule has 1 aromatic rings. The maximum Gasteiger partial charge on any atom is 0.243 e. The Morgan fingerprint density at radius 2 is 2.00 bits per heavy atom. The minimum Gasteiger partial charge on any atom is -0.316 e. The third kappa shape index (κ3) is 5.35. The van der Waals surface area contributed by atoms with Crippen LogP contribution < -0.4 is 10.0 Å². The molecule has 0 aromatic heterocycles. The van der Waals surface area contributed by atoms with E-state index in [0.717, 1.165) is 5.56 Å². The van der Waals surface area contributed by atoms with Crippen LogP contribution in [0.3, 0.4) is 0 Å². The van der Waals surface area contributed by atoms with Crippen molar-refractivity contribution < 1.29 is 12.8 Å². The zero-order valence-electron chi connectivity index (χ0n) is 13.0. The van der Waals surface area contributed by atoms with Gasteiger partial charge in [0.2, 0.25) is 10.0 Å². The number of hydrogen-bond donors (Lipinski definition) is 2. The van der Waals surface area contributed by atoms with Gasteiger partial charge in [0, 0.05) is 25.7 Å². The van der Waals surface area contributed by atoms with Crippen LogP contribution in [0.5, 0.6) is 0 Å². The van der Waals surface area contributed by atoms with E-state index in [9.17, 15) is 12.8 Å². The van der Waals surface area contributed by atoms with Gasteiger partial charge in [-0.15, -0.1) is 0 Å². The number of rotatable bonds is 8. The lowest BCUT2D eigenvalue weighted by Gasteiger charge is -2.21. The molecule has 2 N–H and O–H groups in total. The third-order valence-electron chi connectivity index (χ3n) is 3.30. The van der Waals surface area contributed by atoms with Gasteiger partial charge in [-0.25, -0.2) is 17.5 Å². The van der Waals surface area contributed by atoms with Crippen molar-refractivity contribution in [2.24, 2.45) is 0 Å². The standard InChI is InChI=1S/C14H24FN3O2S/c1-11(2)18(4)8-7-17-21(19,20)14-9-12(10-16-3)5-6-13(14)15/h5-6,9,11,16-17H,7-8,10H2,1-4H3. The fourth-order valence-corrected chi connectivity index (χ4v) is 2.91. The minimum absolute atomic E-state index is 0.243. The third-order valence-corrected chi connectivity index (χ3v) is 4.78. The molecule has 120 valence electrons. The highest BCUT2D eigenvalue weighted by atomic mass is 32.2.